The van der Waals surface area contributed by atoms with Gasteiger partial charge in [0, 0.05) is 5.56 Å². The van der Waals surface area contributed by atoms with Gasteiger partial charge in [0.1, 0.15) is 18.2 Å². The first kappa shape index (κ1) is 14.3. The molecule has 0 fully saturated rings. The monoisotopic (exact) mass is 294 g/mol. The predicted octanol–water partition coefficient (Wildman–Crippen LogP) is 2.66. The SMILES string of the molecule is NNC(=O)c1ccccc1OCc1c(F)cccc1Cl. The topological polar surface area (TPSA) is 64.3 Å². The van der Waals surface area contributed by atoms with Crippen molar-refractivity contribution in [3.05, 3.63) is 64.4 Å². The molecule has 0 heterocycles. The van der Waals surface area contributed by atoms with E-state index in [2.05, 4.69) is 0 Å². The Balaban J connectivity index is 2.21. The molecule has 4 nitrogen and oxygen atoms in total. The van der Waals surface area contributed by atoms with Crippen LogP contribution in [0.3, 0.4) is 0 Å². The van der Waals surface area contributed by atoms with Crippen LogP contribution in [0.2, 0.25) is 5.02 Å². The maximum absolute atomic E-state index is 13.6. The number of carbonyl (C=O) groups excluding carboxylic acids is 1. The van der Waals surface area contributed by atoms with Crippen LogP contribution in [-0.2, 0) is 6.61 Å². The first-order chi connectivity index (χ1) is 9.63. The largest absolute Gasteiger partial charge is 0.488 e. The zero-order valence-corrected chi connectivity index (χ0v) is 11.2. The van der Waals surface area contributed by atoms with Gasteiger partial charge in [-0.05, 0) is 24.3 Å². The fourth-order valence-electron chi connectivity index (χ4n) is 1.68. The zero-order chi connectivity index (χ0) is 14.5. The van der Waals surface area contributed by atoms with Gasteiger partial charge in [-0.25, -0.2) is 10.2 Å². The highest BCUT2D eigenvalue weighted by atomic mass is 35.5. The average Bonchev–Trinajstić information content (AvgIpc) is 2.46. The minimum atomic E-state index is -0.486. The number of nitrogens with two attached hydrogens (primary N) is 1. The smallest absolute Gasteiger partial charge is 0.268 e. The van der Waals surface area contributed by atoms with Crippen molar-refractivity contribution in [2.45, 2.75) is 6.61 Å². The maximum atomic E-state index is 13.6. The molecule has 0 saturated carbocycles. The van der Waals surface area contributed by atoms with Crippen molar-refractivity contribution in [3.8, 4) is 5.75 Å². The summed E-state index contributed by atoms with van der Waals surface area (Å²) >= 11 is 5.91. The van der Waals surface area contributed by atoms with Gasteiger partial charge in [0.05, 0.1) is 10.6 Å². The van der Waals surface area contributed by atoms with Crippen LogP contribution >= 0.6 is 11.6 Å². The summed E-state index contributed by atoms with van der Waals surface area (Å²) in [4.78, 5) is 11.6. The Hall–Kier alpha value is -2.11. The highest BCUT2D eigenvalue weighted by Crippen LogP contribution is 2.23. The van der Waals surface area contributed by atoms with Crippen molar-refractivity contribution in [3.63, 3.8) is 0 Å². The van der Waals surface area contributed by atoms with Crippen molar-refractivity contribution in [1.29, 1.82) is 0 Å². The molecule has 2 aromatic carbocycles. The van der Waals surface area contributed by atoms with Gasteiger partial charge in [-0.2, -0.15) is 0 Å². The third-order valence-corrected chi connectivity index (χ3v) is 3.05. The van der Waals surface area contributed by atoms with E-state index in [9.17, 15) is 9.18 Å². The molecule has 3 N–H and O–H groups in total. The Morgan fingerprint density at radius 1 is 1.25 bits per heavy atom. The number of rotatable bonds is 4. The lowest BCUT2D eigenvalue weighted by molar-refractivity contribution is 0.0949. The van der Waals surface area contributed by atoms with Gasteiger partial charge >= 0.3 is 0 Å². The zero-order valence-electron chi connectivity index (χ0n) is 10.4. The molecule has 0 radical (unpaired) electrons. The Kier molecular flexibility index (Phi) is 4.55. The van der Waals surface area contributed by atoms with E-state index in [0.717, 1.165) is 0 Å². The van der Waals surface area contributed by atoms with Gasteiger partial charge in [-0.15, -0.1) is 0 Å². The van der Waals surface area contributed by atoms with Crippen molar-refractivity contribution >= 4 is 17.5 Å². The van der Waals surface area contributed by atoms with Crippen LogP contribution in [0.25, 0.3) is 0 Å². The van der Waals surface area contributed by atoms with E-state index in [1.165, 1.54) is 12.1 Å². The molecule has 0 saturated heterocycles. The van der Waals surface area contributed by atoms with Crippen LogP contribution in [-0.4, -0.2) is 5.91 Å². The number of carbonyl (C=O) groups is 1. The lowest BCUT2D eigenvalue weighted by Crippen LogP contribution is -2.30. The van der Waals surface area contributed by atoms with Gasteiger partial charge in [-0.3, -0.25) is 10.2 Å². The summed E-state index contributed by atoms with van der Waals surface area (Å²) in [6, 6.07) is 10.9. The summed E-state index contributed by atoms with van der Waals surface area (Å²) in [7, 11) is 0. The third kappa shape index (κ3) is 3.07. The van der Waals surface area contributed by atoms with Crippen LogP contribution in [0.5, 0.6) is 5.75 Å². The minimum absolute atomic E-state index is 0.0830. The number of hydrogen-bond donors (Lipinski definition) is 2. The van der Waals surface area contributed by atoms with Crippen LogP contribution in [0.4, 0.5) is 4.39 Å². The number of benzene rings is 2. The molecule has 6 heteroatoms. The van der Waals surface area contributed by atoms with Gasteiger partial charge < -0.3 is 4.74 Å². The molecule has 0 unspecified atom stereocenters. The van der Waals surface area contributed by atoms with E-state index >= 15 is 0 Å². The van der Waals surface area contributed by atoms with Crippen molar-refractivity contribution in [2.75, 3.05) is 0 Å². The van der Waals surface area contributed by atoms with Crippen LogP contribution in [0, 0.1) is 5.82 Å². The molecule has 0 aliphatic heterocycles. The van der Waals surface area contributed by atoms with E-state index in [4.69, 9.17) is 22.2 Å². The van der Waals surface area contributed by atoms with E-state index < -0.39 is 11.7 Å². The van der Waals surface area contributed by atoms with Crippen LogP contribution < -0.4 is 16.0 Å². The van der Waals surface area contributed by atoms with E-state index in [1.54, 1.807) is 30.3 Å². The molecule has 0 aromatic heterocycles. The lowest BCUT2D eigenvalue weighted by Gasteiger charge is -2.11. The molecule has 0 spiro atoms. The van der Waals surface area contributed by atoms with E-state index in [1.807, 2.05) is 5.43 Å². The maximum Gasteiger partial charge on any atom is 0.268 e. The summed E-state index contributed by atoms with van der Waals surface area (Å²) in [5.41, 5.74) is 2.52. The third-order valence-electron chi connectivity index (χ3n) is 2.70. The Morgan fingerprint density at radius 2 is 2.00 bits per heavy atom. The number of para-hydroxylation sites is 1. The predicted molar refractivity (Wildman–Crippen MR) is 73.8 cm³/mol. The number of hydrogen-bond acceptors (Lipinski definition) is 3. The normalized spacial score (nSPS) is 10.2. The van der Waals surface area contributed by atoms with Crippen molar-refractivity contribution in [1.82, 2.24) is 5.43 Å². The number of ether oxygens (including phenoxy) is 1. The molecular formula is C14H12ClFN2O2. The highest BCUT2D eigenvalue weighted by molar-refractivity contribution is 6.31. The Morgan fingerprint density at radius 3 is 2.70 bits per heavy atom. The fraction of sp³-hybridized carbons (Fsp3) is 0.0714. The quantitative estimate of drug-likeness (QED) is 0.518. The van der Waals surface area contributed by atoms with E-state index in [0.29, 0.717) is 5.75 Å². The van der Waals surface area contributed by atoms with Gasteiger partial charge in [-0.1, -0.05) is 29.8 Å². The fourth-order valence-corrected chi connectivity index (χ4v) is 1.90. The Bertz CT molecular complexity index is 614. The van der Waals surface area contributed by atoms with Crippen LogP contribution in [0.1, 0.15) is 15.9 Å². The van der Waals surface area contributed by atoms with Gasteiger partial charge in [0.15, 0.2) is 0 Å². The molecule has 2 rings (SSSR count). The second-order valence-electron chi connectivity index (χ2n) is 3.96. The summed E-state index contributed by atoms with van der Waals surface area (Å²) in [5.74, 6) is 4.45. The first-order valence-electron chi connectivity index (χ1n) is 5.79. The second kappa shape index (κ2) is 6.36. The average molecular weight is 295 g/mol. The summed E-state index contributed by atoms with van der Waals surface area (Å²) in [6.45, 7) is -0.0830. The second-order valence-corrected chi connectivity index (χ2v) is 4.37. The molecule has 0 atom stereocenters. The number of nitrogens with one attached hydrogen (secondary N) is 1. The molecule has 20 heavy (non-hydrogen) atoms. The number of amides is 1. The van der Waals surface area contributed by atoms with Gasteiger partial charge in [0.25, 0.3) is 5.91 Å². The highest BCUT2D eigenvalue weighted by Gasteiger charge is 2.13. The molecular weight excluding hydrogens is 283 g/mol. The minimum Gasteiger partial charge on any atom is -0.488 e. The lowest BCUT2D eigenvalue weighted by atomic mass is 10.2. The summed E-state index contributed by atoms with van der Waals surface area (Å²) < 4.78 is 19.1. The molecule has 0 aliphatic rings. The first-order valence-corrected chi connectivity index (χ1v) is 6.17. The molecule has 104 valence electrons. The van der Waals surface area contributed by atoms with Crippen molar-refractivity contribution in [2.24, 2.45) is 5.84 Å². The molecule has 0 aliphatic carbocycles. The van der Waals surface area contributed by atoms with Gasteiger partial charge in [0.2, 0.25) is 0 Å². The van der Waals surface area contributed by atoms with E-state index in [-0.39, 0.29) is 22.8 Å². The standard InChI is InChI=1S/C14H12ClFN2O2/c15-11-5-3-6-12(16)10(11)8-20-13-7-2-1-4-9(13)14(19)18-17/h1-7H,8,17H2,(H,18,19). The molecule has 0 bridgehead atoms. The summed E-state index contributed by atoms with van der Waals surface area (Å²) in [6.07, 6.45) is 0. The number of nitrogen functional groups attached to an aromatic ring is 1. The number of hydrazine groups is 1. The molecule has 1 amide bonds. The van der Waals surface area contributed by atoms with Crippen molar-refractivity contribution < 1.29 is 13.9 Å². The molecule has 2 aromatic rings. The summed E-state index contributed by atoms with van der Waals surface area (Å²) in [5, 5.41) is 0.269. The number of halogens is 2. The van der Waals surface area contributed by atoms with Crippen LogP contribution in [0.15, 0.2) is 42.5 Å². The Labute approximate surface area is 120 Å².